The molecule has 0 aliphatic heterocycles. The van der Waals surface area contributed by atoms with Gasteiger partial charge in [0, 0.05) is 23.9 Å². The van der Waals surface area contributed by atoms with E-state index >= 15 is 0 Å². The van der Waals surface area contributed by atoms with Crippen LogP contribution in [-0.2, 0) is 0 Å². The Labute approximate surface area is 120 Å². The van der Waals surface area contributed by atoms with Crippen molar-refractivity contribution in [3.05, 3.63) is 64.7 Å². The molecule has 104 valence electrons. The lowest BCUT2D eigenvalue weighted by Gasteiger charge is -2.13. The number of aliphatic hydroxyl groups is 1. The van der Waals surface area contributed by atoms with Gasteiger partial charge in [-0.3, -0.25) is 4.79 Å². The molecule has 1 aromatic carbocycles. The highest BCUT2D eigenvalue weighted by molar-refractivity contribution is 6.29. The van der Waals surface area contributed by atoms with E-state index in [2.05, 4.69) is 10.3 Å². The molecule has 0 unspecified atom stereocenters. The van der Waals surface area contributed by atoms with Crippen LogP contribution in [0.2, 0.25) is 5.15 Å². The Balaban J connectivity index is 1.99. The van der Waals surface area contributed by atoms with Crippen LogP contribution in [0.25, 0.3) is 0 Å². The molecule has 1 amide bonds. The van der Waals surface area contributed by atoms with Gasteiger partial charge < -0.3 is 10.4 Å². The maximum absolute atomic E-state index is 13.4. The van der Waals surface area contributed by atoms with Gasteiger partial charge in [-0.15, -0.1) is 0 Å². The predicted molar refractivity (Wildman–Crippen MR) is 72.9 cm³/mol. The Hall–Kier alpha value is -1.98. The van der Waals surface area contributed by atoms with Crippen molar-refractivity contribution in [2.75, 3.05) is 6.54 Å². The summed E-state index contributed by atoms with van der Waals surface area (Å²) in [6, 6.07) is 8.77. The van der Waals surface area contributed by atoms with E-state index in [1.165, 1.54) is 36.5 Å². The van der Waals surface area contributed by atoms with Crippen LogP contribution in [0.4, 0.5) is 4.39 Å². The van der Waals surface area contributed by atoms with E-state index < -0.39 is 17.8 Å². The maximum atomic E-state index is 13.4. The normalized spacial score (nSPS) is 11.9. The SMILES string of the molecule is O=C(NC[C@@H](O)c1ccccc1F)c1ccnc(Cl)c1. The molecule has 0 saturated carbocycles. The van der Waals surface area contributed by atoms with Gasteiger partial charge in [0.15, 0.2) is 0 Å². The monoisotopic (exact) mass is 294 g/mol. The zero-order valence-corrected chi connectivity index (χ0v) is 11.1. The van der Waals surface area contributed by atoms with Crippen LogP contribution in [-0.4, -0.2) is 22.5 Å². The summed E-state index contributed by atoms with van der Waals surface area (Å²) < 4.78 is 13.4. The van der Waals surface area contributed by atoms with Crippen molar-refractivity contribution < 1.29 is 14.3 Å². The van der Waals surface area contributed by atoms with Crippen LogP contribution >= 0.6 is 11.6 Å². The summed E-state index contributed by atoms with van der Waals surface area (Å²) in [4.78, 5) is 15.6. The number of pyridine rings is 1. The number of aliphatic hydroxyl groups excluding tert-OH is 1. The fourth-order valence-electron chi connectivity index (χ4n) is 1.69. The van der Waals surface area contributed by atoms with Gasteiger partial charge in [0.25, 0.3) is 5.91 Å². The van der Waals surface area contributed by atoms with E-state index in [0.717, 1.165) is 0 Å². The third-order valence-corrected chi connectivity index (χ3v) is 2.92. The molecule has 1 aromatic heterocycles. The molecule has 0 spiro atoms. The minimum absolute atomic E-state index is 0.0975. The van der Waals surface area contributed by atoms with Crippen molar-refractivity contribution in [3.8, 4) is 0 Å². The molecular weight excluding hydrogens is 283 g/mol. The van der Waals surface area contributed by atoms with Crippen LogP contribution in [0.15, 0.2) is 42.6 Å². The first-order valence-corrected chi connectivity index (χ1v) is 6.28. The topological polar surface area (TPSA) is 62.2 Å². The highest BCUT2D eigenvalue weighted by Gasteiger charge is 2.14. The van der Waals surface area contributed by atoms with Crippen LogP contribution in [0.3, 0.4) is 0 Å². The van der Waals surface area contributed by atoms with Crippen LogP contribution in [0.1, 0.15) is 22.0 Å². The van der Waals surface area contributed by atoms with Crippen molar-refractivity contribution in [3.63, 3.8) is 0 Å². The quantitative estimate of drug-likeness (QED) is 0.851. The molecule has 4 nitrogen and oxygen atoms in total. The van der Waals surface area contributed by atoms with Gasteiger partial charge in [0.05, 0.1) is 6.10 Å². The molecule has 0 aliphatic rings. The number of nitrogens with zero attached hydrogens (tertiary/aromatic N) is 1. The van der Waals surface area contributed by atoms with E-state index in [1.807, 2.05) is 0 Å². The summed E-state index contributed by atoms with van der Waals surface area (Å²) in [6.45, 7) is -0.0975. The van der Waals surface area contributed by atoms with E-state index in [-0.39, 0.29) is 17.3 Å². The van der Waals surface area contributed by atoms with Gasteiger partial charge >= 0.3 is 0 Å². The Bertz CT molecular complexity index is 622. The van der Waals surface area contributed by atoms with Gasteiger partial charge in [-0.05, 0) is 18.2 Å². The first-order valence-electron chi connectivity index (χ1n) is 5.90. The van der Waals surface area contributed by atoms with E-state index in [0.29, 0.717) is 5.56 Å². The second kappa shape index (κ2) is 6.45. The predicted octanol–water partition coefficient (Wildman–Crippen LogP) is 2.34. The smallest absolute Gasteiger partial charge is 0.251 e. The molecule has 0 radical (unpaired) electrons. The lowest BCUT2D eigenvalue weighted by molar-refractivity contribution is 0.0914. The average molecular weight is 295 g/mol. The summed E-state index contributed by atoms with van der Waals surface area (Å²) in [5.41, 5.74) is 0.464. The third-order valence-electron chi connectivity index (χ3n) is 2.71. The van der Waals surface area contributed by atoms with Crippen molar-refractivity contribution in [2.24, 2.45) is 0 Å². The molecule has 2 rings (SSSR count). The van der Waals surface area contributed by atoms with Crippen molar-refractivity contribution >= 4 is 17.5 Å². The number of carbonyl (C=O) groups excluding carboxylic acids is 1. The number of nitrogens with one attached hydrogen (secondary N) is 1. The number of benzene rings is 1. The highest BCUT2D eigenvalue weighted by atomic mass is 35.5. The Kier molecular flexibility index (Phi) is 4.65. The summed E-state index contributed by atoms with van der Waals surface area (Å²) >= 11 is 5.68. The first kappa shape index (κ1) is 14.4. The van der Waals surface area contributed by atoms with Crippen LogP contribution < -0.4 is 5.32 Å². The van der Waals surface area contributed by atoms with Gasteiger partial charge in [0.2, 0.25) is 0 Å². The summed E-state index contributed by atoms with van der Waals surface area (Å²) in [6.07, 6.45) is 0.294. The summed E-state index contributed by atoms with van der Waals surface area (Å²) in [5.74, 6) is -0.925. The molecule has 0 aliphatic carbocycles. The van der Waals surface area contributed by atoms with Crippen molar-refractivity contribution in [2.45, 2.75) is 6.10 Å². The maximum Gasteiger partial charge on any atom is 0.251 e. The molecule has 1 heterocycles. The first-order chi connectivity index (χ1) is 9.58. The fraction of sp³-hybridized carbons (Fsp3) is 0.143. The molecule has 6 heteroatoms. The molecule has 1 atom stereocenters. The standard InChI is InChI=1S/C14H12ClFN2O2/c15-13-7-9(5-6-17-13)14(20)18-8-12(19)10-3-1-2-4-11(10)16/h1-7,12,19H,8H2,(H,18,20)/t12-/m1/s1. The van der Waals surface area contributed by atoms with Crippen molar-refractivity contribution in [1.29, 1.82) is 0 Å². The number of amides is 1. The van der Waals surface area contributed by atoms with E-state index in [4.69, 9.17) is 11.6 Å². The second-order valence-corrected chi connectivity index (χ2v) is 4.50. The van der Waals surface area contributed by atoms with Gasteiger partial charge in [-0.2, -0.15) is 0 Å². The Morgan fingerprint density at radius 1 is 1.40 bits per heavy atom. The molecule has 0 bridgehead atoms. The van der Waals surface area contributed by atoms with E-state index in [1.54, 1.807) is 6.07 Å². The molecule has 2 aromatic rings. The molecular formula is C14H12ClFN2O2. The number of hydrogen-bond acceptors (Lipinski definition) is 3. The number of rotatable bonds is 4. The molecule has 0 fully saturated rings. The average Bonchev–Trinajstić information content (AvgIpc) is 2.45. The zero-order valence-electron chi connectivity index (χ0n) is 10.4. The van der Waals surface area contributed by atoms with Gasteiger partial charge in [0.1, 0.15) is 11.0 Å². The number of carbonyl (C=O) groups is 1. The summed E-state index contributed by atoms with van der Waals surface area (Å²) in [5, 5.41) is 12.6. The van der Waals surface area contributed by atoms with E-state index in [9.17, 15) is 14.3 Å². The number of hydrogen-bond donors (Lipinski definition) is 2. The third kappa shape index (κ3) is 3.53. The van der Waals surface area contributed by atoms with Gasteiger partial charge in [-0.25, -0.2) is 9.37 Å². The second-order valence-electron chi connectivity index (χ2n) is 4.11. The highest BCUT2D eigenvalue weighted by Crippen LogP contribution is 2.16. The summed E-state index contributed by atoms with van der Waals surface area (Å²) in [7, 11) is 0. The lowest BCUT2D eigenvalue weighted by atomic mass is 10.1. The minimum atomic E-state index is -1.11. The molecule has 20 heavy (non-hydrogen) atoms. The lowest BCUT2D eigenvalue weighted by Crippen LogP contribution is -2.28. The largest absolute Gasteiger partial charge is 0.386 e. The zero-order chi connectivity index (χ0) is 14.5. The number of halogens is 2. The Morgan fingerprint density at radius 3 is 2.85 bits per heavy atom. The Morgan fingerprint density at radius 2 is 2.15 bits per heavy atom. The van der Waals surface area contributed by atoms with Crippen LogP contribution in [0.5, 0.6) is 0 Å². The fourth-order valence-corrected chi connectivity index (χ4v) is 1.86. The van der Waals surface area contributed by atoms with Crippen LogP contribution in [0, 0.1) is 5.82 Å². The minimum Gasteiger partial charge on any atom is -0.386 e. The van der Waals surface area contributed by atoms with Gasteiger partial charge in [-0.1, -0.05) is 29.8 Å². The number of aromatic nitrogens is 1. The molecule has 0 saturated heterocycles. The molecule has 2 N–H and O–H groups in total. The van der Waals surface area contributed by atoms with Crippen molar-refractivity contribution in [1.82, 2.24) is 10.3 Å².